The summed E-state index contributed by atoms with van der Waals surface area (Å²) in [6.45, 7) is 4.41. The average molecular weight is 241 g/mol. The first-order valence-corrected chi connectivity index (χ1v) is 5.71. The van der Waals surface area contributed by atoms with E-state index in [1.165, 1.54) is 0 Å². The van der Waals surface area contributed by atoms with Crippen molar-refractivity contribution in [3.8, 4) is 6.07 Å². The number of hydrogen-bond donors (Lipinski definition) is 1. The molecule has 0 aliphatic heterocycles. The predicted molar refractivity (Wildman–Crippen MR) is 69.0 cm³/mol. The van der Waals surface area contributed by atoms with Crippen LogP contribution in [0, 0.1) is 25.2 Å². The van der Waals surface area contributed by atoms with Gasteiger partial charge in [0.15, 0.2) is 0 Å². The second kappa shape index (κ2) is 4.88. The van der Waals surface area contributed by atoms with Crippen molar-refractivity contribution < 1.29 is 0 Å². The fraction of sp³-hybridized carbons (Fsp3) is 0.308. The summed E-state index contributed by atoms with van der Waals surface area (Å²) in [5.74, 6) is 0.746. The Morgan fingerprint density at radius 2 is 2.17 bits per heavy atom. The molecular formula is C13H15N5. The zero-order valence-electron chi connectivity index (χ0n) is 10.7. The van der Waals surface area contributed by atoms with Gasteiger partial charge in [-0.15, -0.1) is 0 Å². The lowest BCUT2D eigenvalue weighted by Crippen LogP contribution is -2.06. The highest BCUT2D eigenvalue weighted by Gasteiger charge is 2.11. The Hall–Kier alpha value is -2.35. The number of aryl methyl sites for hydroxylation is 3. The molecule has 0 aliphatic rings. The molecule has 0 unspecified atom stereocenters. The van der Waals surface area contributed by atoms with E-state index in [4.69, 9.17) is 5.26 Å². The van der Waals surface area contributed by atoms with Crippen LogP contribution >= 0.6 is 0 Å². The lowest BCUT2D eigenvalue weighted by molar-refractivity contribution is 0.758. The van der Waals surface area contributed by atoms with Crippen LogP contribution in [0.25, 0.3) is 0 Å². The third-order valence-electron chi connectivity index (χ3n) is 2.77. The Labute approximate surface area is 106 Å². The molecule has 0 aliphatic carbocycles. The first-order valence-electron chi connectivity index (χ1n) is 5.71. The van der Waals surface area contributed by atoms with E-state index in [1.807, 2.05) is 39.2 Å². The minimum atomic E-state index is 0.595. The lowest BCUT2D eigenvalue weighted by Gasteiger charge is -2.07. The Morgan fingerprint density at radius 3 is 2.78 bits per heavy atom. The molecule has 5 nitrogen and oxygen atoms in total. The van der Waals surface area contributed by atoms with Crippen LogP contribution in [0.2, 0.25) is 0 Å². The van der Waals surface area contributed by atoms with Crippen molar-refractivity contribution in [3.05, 3.63) is 40.8 Å². The zero-order valence-corrected chi connectivity index (χ0v) is 10.7. The van der Waals surface area contributed by atoms with Crippen molar-refractivity contribution in [1.29, 1.82) is 5.26 Å². The molecule has 0 fully saturated rings. The molecule has 18 heavy (non-hydrogen) atoms. The second-order valence-electron chi connectivity index (χ2n) is 4.21. The number of nitrogens with zero attached hydrogens (tertiary/aromatic N) is 4. The first kappa shape index (κ1) is 12.1. The molecule has 0 aromatic carbocycles. The van der Waals surface area contributed by atoms with Gasteiger partial charge in [0.05, 0.1) is 5.69 Å². The van der Waals surface area contributed by atoms with Crippen molar-refractivity contribution in [3.63, 3.8) is 0 Å². The van der Waals surface area contributed by atoms with E-state index >= 15 is 0 Å². The van der Waals surface area contributed by atoms with Gasteiger partial charge in [0.25, 0.3) is 0 Å². The van der Waals surface area contributed by atoms with Gasteiger partial charge in [-0.05, 0) is 25.5 Å². The van der Waals surface area contributed by atoms with E-state index in [0.717, 1.165) is 22.8 Å². The van der Waals surface area contributed by atoms with Gasteiger partial charge in [0.2, 0.25) is 0 Å². The topological polar surface area (TPSA) is 66.5 Å². The van der Waals surface area contributed by atoms with E-state index in [0.29, 0.717) is 12.1 Å². The minimum absolute atomic E-state index is 0.595. The molecule has 1 N–H and O–H groups in total. The largest absolute Gasteiger partial charge is 0.365 e. The van der Waals surface area contributed by atoms with Crippen LogP contribution in [0.15, 0.2) is 18.3 Å². The normalized spacial score (nSPS) is 10.1. The Balaban J connectivity index is 2.16. The van der Waals surface area contributed by atoms with E-state index in [-0.39, 0.29) is 0 Å². The van der Waals surface area contributed by atoms with E-state index < -0.39 is 0 Å². The lowest BCUT2D eigenvalue weighted by atomic mass is 10.2. The van der Waals surface area contributed by atoms with Crippen LogP contribution in [0.4, 0.5) is 5.82 Å². The molecule has 0 spiro atoms. The number of anilines is 1. The van der Waals surface area contributed by atoms with Crippen molar-refractivity contribution in [2.45, 2.75) is 20.4 Å². The second-order valence-corrected chi connectivity index (χ2v) is 4.21. The summed E-state index contributed by atoms with van der Waals surface area (Å²) in [4.78, 5) is 4.23. The number of aromatic nitrogens is 3. The highest BCUT2D eigenvalue weighted by Crippen LogP contribution is 2.18. The summed E-state index contributed by atoms with van der Waals surface area (Å²) >= 11 is 0. The maximum Gasteiger partial charge on any atom is 0.142 e. The van der Waals surface area contributed by atoms with Crippen LogP contribution in [0.5, 0.6) is 0 Å². The maximum atomic E-state index is 9.09. The SMILES string of the molecule is Cc1ccc(CNc2c(C#N)c(C)nn2C)cn1. The smallest absolute Gasteiger partial charge is 0.142 e. The standard InChI is InChI=1S/C13H15N5/c1-9-4-5-11(7-15-9)8-16-13-12(6-14)10(2)17-18(13)3/h4-5,7,16H,8H2,1-3H3. The molecule has 0 saturated heterocycles. The fourth-order valence-corrected chi connectivity index (χ4v) is 1.78. The molecule has 0 bridgehead atoms. The number of rotatable bonds is 3. The molecule has 0 radical (unpaired) electrons. The van der Waals surface area contributed by atoms with Gasteiger partial charge in [-0.25, -0.2) is 0 Å². The first-order chi connectivity index (χ1) is 8.61. The third-order valence-corrected chi connectivity index (χ3v) is 2.77. The summed E-state index contributed by atoms with van der Waals surface area (Å²) in [6, 6.07) is 6.16. The number of nitriles is 1. The van der Waals surface area contributed by atoms with Crippen molar-refractivity contribution in [1.82, 2.24) is 14.8 Å². The van der Waals surface area contributed by atoms with Gasteiger partial charge < -0.3 is 5.32 Å². The van der Waals surface area contributed by atoms with Crippen molar-refractivity contribution in [2.75, 3.05) is 5.32 Å². The summed E-state index contributed by atoms with van der Waals surface area (Å²) in [5.41, 5.74) is 3.40. The summed E-state index contributed by atoms with van der Waals surface area (Å²) in [5, 5.41) is 16.5. The molecule has 92 valence electrons. The molecule has 2 heterocycles. The fourth-order valence-electron chi connectivity index (χ4n) is 1.78. The number of nitrogens with one attached hydrogen (secondary N) is 1. The van der Waals surface area contributed by atoms with Crippen LogP contribution < -0.4 is 5.32 Å². The van der Waals surface area contributed by atoms with Crippen LogP contribution in [0.3, 0.4) is 0 Å². The van der Waals surface area contributed by atoms with Crippen LogP contribution in [0.1, 0.15) is 22.5 Å². The highest BCUT2D eigenvalue weighted by molar-refractivity contribution is 5.55. The molecule has 0 amide bonds. The molecule has 2 rings (SSSR count). The Kier molecular flexibility index (Phi) is 3.28. The maximum absolute atomic E-state index is 9.09. The number of pyridine rings is 1. The van der Waals surface area contributed by atoms with E-state index in [9.17, 15) is 0 Å². The third kappa shape index (κ3) is 2.33. The zero-order chi connectivity index (χ0) is 13.1. The van der Waals surface area contributed by atoms with Crippen molar-refractivity contribution in [2.24, 2.45) is 7.05 Å². The van der Waals surface area contributed by atoms with Crippen LogP contribution in [-0.4, -0.2) is 14.8 Å². The van der Waals surface area contributed by atoms with Gasteiger partial charge in [-0.2, -0.15) is 10.4 Å². The highest BCUT2D eigenvalue weighted by atomic mass is 15.3. The molecule has 0 saturated carbocycles. The van der Waals surface area contributed by atoms with Gasteiger partial charge in [-0.1, -0.05) is 6.07 Å². The van der Waals surface area contributed by atoms with Crippen LogP contribution in [-0.2, 0) is 13.6 Å². The van der Waals surface area contributed by atoms with Gasteiger partial charge >= 0.3 is 0 Å². The van der Waals surface area contributed by atoms with E-state index in [2.05, 4.69) is 21.5 Å². The molecule has 0 atom stereocenters. The molecular weight excluding hydrogens is 226 g/mol. The average Bonchev–Trinajstić information content (AvgIpc) is 2.62. The Bertz CT molecular complexity index is 589. The minimum Gasteiger partial charge on any atom is -0.365 e. The Morgan fingerprint density at radius 1 is 1.39 bits per heavy atom. The van der Waals surface area contributed by atoms with Gasteiger partial charge in [-0.3, -0.25) is 9.67 Å². The molecule has 5 heteroatoms. The monoisotopic (exact) mass is 241 g/mol. The van der Waals surface area contributed by atoms with Gasteiger partial charge in [0.1, 0.15) is 17.5 Å². The molecule has 2 aromatic rings. The quantitative estimate of drug-likeness (QED) is 0.891. The van der Waals surface area contributed by atoms with Crippen molar-refractivity contribution >= 4 is 5.82 Å². The van der Waals surface area contributed by atoms with E-state index in [1.54, 1.807) is 4.68 Å². The summed E-state index contributed by atoms with van der Waals surface area (Å²) < 4.78 is 1.69. The molecule has 2 aromatic heterocycles. The summed E-state index contributed by atoms with van der Waals surface area (Å²) in [6.07, 6.45) is 1.83. The van der Waals surface area contributed by atoms with Gasteiger partial charge in [0, 0.05) is 25.5 Å². The number of hydrogen-bond acceptors (Lipinski definition) is 4. The summed E-state index contributed by atoms with van der Waals surface area (Å²) in [7, 11) is 1.82. The predicted octanol–water partition coefficient (Wildman–Crippen LogP) is 1.92.